The topological polar surface area (TPSA) is 12.0 Å². The van der Waals surface area contributed by atoms with Crippen LogP contribution in [0.5, 0.6) is 0 Å². The molecule has 3 heteroatoms. The standard InChI is InChI=1S/C17H19ClFN/c1-3-17(14-6-4-12(2)5-7-14)20-11-13-8-15(18)10-16(19)9-13/h4-10,17,20H,3,11H2,1-2H3. The maximum Gasteiger partial charge on any atom is 0.125 e. The second-order valence-corrected chi connectivity index (χ2v) is 5.47. The minimum absolute atomic E-state index is 0.262. The molecule has 0 spiro atoms. The molecule has 2 aromatic rings. The lowest BCUT2D eigenvalue weighted by Crippen LogP contribution is -2.20. The summed E-state index contributed by atoms with van der Waals surface area (Å²) in [6.07, 6.45) is 0.978. The molecule has 0 aliphatic heterocycles. The summed E-state index contributed by atoms with van der Waals surface area (Å²) in [6.45, 7) is 4.81. The summed E-state index contributed by atoms with van der Waals surface area (Å²) >= 11 is 5.87. The summed E-state index contributed by atoms with van der Waals surface area (Å²) in [4.78, 5) is 0. The van der Waals surface area contributed by atoms with Gasteiger partial charge in [0.05, 0.1) is 0 Å². The molecule has 2 aromatic carbocycles. The molecular formula is C17H19ClFN. The highest BCUT2D eigenvalue weighted by Crippen LogP contribution is 2.19. The number of benzene rings is 2. The van der Waals surface area contributed by atoms with Gasteiger partial charge in [-0.2, -0.15) is 0 Å². The smallest absolute Gasteiger partial charge is 0.125 e. The van der Waals surface area contributed by atoms with Crippen molar-refractivity contribution in [1.29, 1.82) is 0 Å². The molecule has 106 valence electrons. The van der Waals surface area contributed by atoms with Gasteiger partial charge in [-0.15, -0.1) is 0 Å². The van der Waals surface area contributed by atoms with Crippen LogP contribution in [0.4, 0.5) is 4.39 Å². The molecule has 0 saturated carbocycles. The monoisotopic (exact) mass is 291 g/mol. The molecule has 20 heavy (non-hydrogen) atoms. The highest BCUT2D eigenvalue weighted by atomic mass is 35.5. The van der Waals surface area contributed by atoms with E-state index in [9.17, 15) is 4.39 Å². The van der Waals surface area contributed by atoms with Crippen molar-refractivity contribution in [3.63, 3.8) is 0 Å². The highest BCUT2D eigenvalue weighted by Gasteiger charge is 2.09. The first-order valence-corrected chi connectivity index (χ1v) is 7.21. The van der Waals surface area contributed by atoms with Gasteiger partial charge in [0.25, 0.3) is 0 Å². The molecule has 1 N–H and O–H groups in total. The van der Waals surface area contributed by atoms with E-state index in [0.717, 1.165) is 12.0 Å². The fraction of sp³-hybridized carbons (Fsp3) is 0.294. The normalized spacial score (nSPS) is 12.4. The van der Waals surface area contributed by atoms with Crippen molar-refractivity contribution >= 4 is 11.6 Å². The number of hydrogen-bond donors (Lipinski definition) is 1. The minimum atomic E-state index is -0.294. The van der Waals surface area contributed by atoms with Crippen LogP contribution < -0.4 is 5.32 Å². The summed E-state index contributed by atoms with van der Waals surface area (Å²) in [5.74, 6) is -0.294. The van der Waals surface area contributed by atoms with Gasteiger partial charge in [-0.3, -0.25) is 0 Å². The van der Waals surface area contributed by atoms with Crippen LogP contribution in [-0.2, 0) is 6.54 Å². The first-order valence-electron chi connectivity index (χ1n) is 6.83. The van der Waals surface area contributed by atoms with Gasteiger partial charge < -0.3 is 5.32 Å². The Hall–Kier alpha value is -1.38. The molecule has 2 rings (SSSR count). The predicted molar refractivity (Wildman–Crippen MR) is 82.5 cm³/mol. The molecular weight excluding hydrogens is 273 g/mol. The maximum absolute atomic E-state index is 13.3. The zero-order valence-electron chi connectivity index (χ0n) is 11.8. The number of aryl methyl sites for hydroxylation is 1. The van der Waals surface area contributed by atoms with Crippen LogP contribution in [0.3, 0.4) is 0 Å². The number of hydrogen-bond acceptors (Lipinski definition) is 1. The van der Waals surface area contributed by atoms with Gasteiger partial charge in [-0.25, -0.2) is 4.39 Å². The molecule has 0 amide bonds. The third-order valence-electron chi connectivity index (χ3n) is 3.36. The van der Waals surface area contributed by atoms with Gasteiger partial charge in [0.2, 0.25) is 0 Å². The number of halogens is 2. The van der Waals surface area contributed by atoms with Crippen molar-refractivity contribution in [3.8, 4) is 0 Å². The Labute approximate surface area is 124 Å². The SMILES string of the molecule is CCC(NCc1cc(F)cc(Cl)c1)c1ccc(C)cc1. The first-order chi connectivity index (χ1) is 9.58. The largest absolute Gasteiger partial charge is 0.306 e. The second-order valence-electron chi connectivity index (χ2n) is 5.03. The predicted octanol–water partition coefficient (Wildman–Crippen LogP) is 5.03. The van der Waals surface area contributed by atoms with E-state index < -0.39 is 0 Å². The van der Waals surface area contributed by atoms with E-state index in [2.05, 4.69) is 43.4 Å². The average molecular weight is 292 g/mol. The van der Waals surface area contributed by atoms with Crippen LogP contribution in [0, 0.1) is 12.7 Å². The van der Waals surface area contributed by atoms with E-state index in [-0.39, 0.29) is 11.9 Å². The maximum atomic E-state index is 13.3. The summed E-state index contributed by atoms with van der Waals surface area (Å²) in [5, 5.41) is 3.89. The van der Waals surface area contributed by atoms with Gasteiger partial charge in [0.15, 0.2) is 0 Å². The van der Waals surface area contributed by atoms with Crippen LogP contribution >= 0.6 is 11.6 Å². The second kappa shape index (κ2) is 6.87. The van der Waals surface area contributed by atoms with Gasteiger partial charge in [0, 0.05) is 17.6 Å². The van der Waals surface area contributed by atoms with Crippen molar-refractivity contribution in [2.45, 2.75) is 32.9 Å². The highest BCUT2D eigenvalue weighted by molar-refractivity contribution is 6.30. The lowest BCUT2D eigenvalue weighted by Gasteiger charge is -2.18. The van der Waals surface area contributed by atoms with Crippen molar-refractivity contribution in [1.82, 2.24) is 5.32 Å². The van der Waals surface area contributed by atoms with Crippen molar-refractivity contribution < 1.29 is 4.39 Å². The average Bonchev–Trinajstić information content (AvgIpc) is 2.40. The van der Waals surface area contributed by atoms with E-state index >= 15 is 0 Å². The lowest BCUT2D eigenvalue weighted by molar-refractivity contribution is 0.517. The Morgan fingerprint density at radius 3 is 2.45 bits per heavy atom. The first kappa shape index (κ1) is 15.0. The van der Waals surface area contributed by atoms with Crippen LogP contribution in [0.25, 0.3) is 0 Å². The molecule has 0 aromatic heterocycles. The molecule has 0 heterocycles. The zero-order chi connectivity index (χ0) is 14.5. The van der Waals surface area contributed by atoms with Gasteiger partial charge >= 0.3 is 0 Å². The van der Waals surface area contributed by atoms with Crippen LogP contribution in [0.1, 0.15) is 36.1 Å². The Morgan fingerprint density at radius 1 is 1.15 bits per heavy atom. The zero-order valence-corrected chi connectivity index (χ0v) is 12.5. The summed E-state index contributed by atoms with van der Waals surface area (Å²) in [7, 11) is 0. The van der Waals surface area contributed by atoms with Crippen LogP contribution in [-0.4, -0.2) is 0 Å². The summed E-state index contributed by atoms with van der Waals surface area (Å²) in [5.41, 5.74) is 3.36. The molecule has 0 aliphatic carbocycles. The minimum Gasteiger partial charge on any atom is -0.306 e. The van der Waals surface area contributed by atoms with E-state index in [4.69, 9.17) is 11.6 Å². The quantitative estimate of drug-likeness (QED) is 0.815. The van der Waals surface area contributed by atoms with Gasteiger partial charge in [-0.05, 0) is 42.7 Å². The van der Waals surface area contributed by atoms with E-state index in [1.807, 2.05) is 0 Å². The Kier molecular flexibility index (Phi) is 5.16. The third kappa shape index (κ3) is 4.06. The van der Waals surface area contributed by atoms with Crippen molar-refractivity contribution in [3.05, 3.63) is 70.0 Å². The third-order valence-corrected chi connectivity index (χ3v) is 3.58. The number of nitrogens with one attached hydrogen (secondary N) is 1. The Bertz CT molecular complexity index is 545. The molecule has 0 bridgehead atoms. The fourth-order valence-electron chi connectivity index (χ4n) is 2.25. The lowest BCUT2D eigenvalue weighted by atomic mass is 10.0. The molecule has 1 nitrogen and oxygen atoms in total. The van der Waals surface area contributed by atoms with Crippen LogP contribution in [0.2, 0.25) is 5.02 Å². The molecule has 1 unspecified atom stereocenters. The van der Waals surface area contributed by atoms with E-state index in [0.29, 0.717) is 11.6 Å². The Morgan fingerprint density at radius 2 is 1.85 bits per heavy atom. The molecule has 0 saturated heterocycles. The summed E-state index contributed by atoms with van der Waals surface area (Å²) < 4.78 is 13.3. The molecule has 1 atom stereocenters. The van der Waals surface area contributed by atoms with Crippen molar-refractivity contribution in [2.75, 3.05) is 0 Å². The molecule has 0 fully saturated rings. The van der Waals surface area contributed by atoms with Gasteiger partial charge in [0.1, 0.15) is 5.82 Å². The number of rotatable bonds is 5. The fourth-order valence-corrected chi connectivity index (χ4v) is 2.50. The van der Waals surface area contributed by atoms with Crippen LogP contribution in [0.15, 0.2) is 42.5 Å². The molecule has 0 radical (unpaired) electrons. The Balaban J connectivity index is 2.05. The van der Waals surface area contributed by atoms with E-state index in [1.54, 1.807) is 6.07 Å². The summed E-state index contributed by atoms with van der Waals surface area (Å²) in [6, 6.07) is 13.4. The molecule has 0 aliphatic rings. The van der Waals surface area contributed by atoms with E-state index in [1.165, 1.54) is 23.3 Å². The van der Waals surface area contributed by atoms with Gasteiger partial charge in [-0.1, -0.05) is 48.4 Å². The van der Waals surface area contributed by atoms with Crippen molar-refractivity contribution in [2.24, 2.45) is 0 Å².